The molecule has 3 heteroatoms. The molecule has 2 heterocycles. The van der Waals surface area contributed by atoms with E-state index in [4.69, 9.17) is 4.74 Å². The van der Waals surface area contributed by atoms with E-state index in [0.717, 1.165) is 38.1 Å². The lowest BCUT2D eigenvalue weighted by Crippen LogP contribution is -2.39. The summed E-state index contributed by atoms with van der Waals surface area (Å²) >= 11 is 0. The molecular weight excluding hydrogens is 200 g/mol. The van der Waals surface area contributed by atoms with Crippen LogP contribution in [0.25, 0.3) is 0 Å². The summed E-state index contributed by atoms with van der Waals surface area (Å²) < 4.78 is 5.29. The summed E-state index contributed by atoms with van der Waals surface area (Å²) in [6.45, 7) is 2.09. The Hall–Kier alpha value is -1.51. The Labute approximate surface area is 95.7 Å². The molecule has 2 aliphatic heterocycles. The normalized spacial score (nSPS) is 18.6. The molecule has 0 aromatic heterocycles. The Kier molecular flexibility index (Phi) is 2.31. The molecule has 0 saturated heterocycles. The van der Waals surface area contributed by atoms with Crippen molar-refractivity contribution < 1.29 is 4.74 Å². The minimum Gasteiger partial charge on any atom is -0.497 e. The second-order valence-electron chi connectivity index (χ2n) is 4.30. The number of methoxy groups -OCH3 is 1. The van der Waals surface area contributed by atoms with Crippen LogP contribution in [0, 0.1) is 0 Å². The number of hydrogen-bond acceptors (Lipinski definition) is 3. The fourth-order valence-electron chi connectivity index (χ4n) is 2.50. The summed E-state index contributed by atoms with van der Waals surface area (Å²) in [5.41, 5.74) is 2.71. The van der Waals surface area contributed by atoms with Crippen molar-refractivity contribution in [3.63, 3.8) is 0 Å². The monoisotopic (exact) mass is 216 g/mol. The molecule has 0 spiro atoms. The molecule has 2 aliphatic rings. The predicted molar refractivity (Wildman–Crippen MR) is 65.6 cm³/mol. The van der Waals surface area contributed by atoms with Crippen molar-refractivity contribution in [2.24, 2.45) is 4.99 Å². The zero-order valence-electron chi connectivity index (χ0n) is 9.57. The molecule has 3 nitrogen and oxygen atoms in total. The third-order valence-electron chi connectivity index (χ3n) is 3.35. The SMILES string of the molecule is COc1ccc2c(c1)N1CCCN=C1CC2. The van der Waals surface area contributed by atoms with Crippen LogP contribution in [-0.4, -0.2) is 26.0 Å². The Balaban J connectivity index is 2.06. The quantitative estimate of drug-likeness (QED) is 0.719. The van der Waals surface area contributed by atoms with Crippen LogP contribution >= 0.6 is 0 Å². The zero-order valence-corrected chi connectivity index (χ0v) is 9.57. The van der Waals surface area contributed by atoms with E-state index in [2.05, 4.69) is 22.0 Å². The number of aliphatic imine (C=N–C) groups is 1. The number of fused-ring (bicyclic) bond motifs is 3. The largest absolute Gasteiger partial charge is 0.497 e. The summed E-state index contributed by atoms with van der Waals surface area (Å²) in [5, 5.41) is 0. The molecular formula is C13H16N2O. The van der Waals surface area contributed by atoms with E-state index >= 15 is 0 Å². The van der Waals surface area contributed by atoms with Gasteiger partial charge in [-0.1, -0.05) is 6.07 Å². The van der Waals surface area contributed by atoms with Crippen LogP contribution in [0.4, 0.5) is 5.69 Å². The number of benzene rings is 1. The molecule has 0 unspecified atom stereocenters. The highest BCUT2D eigenvalue weighted by Crippen LogP contribution is 2.32. The number of aryl methyl sites for hydroxylation is 1. The highest BCUT2D eigenvalue weighted by Gasteiger charge is 2.24. The smallest absolute Gasteiger partial charge is 0.120 e. The molecule has 84 valence electrons. The van der Waals surface area contributed by atoms with Gasteiger partial charge >= 0.3 is 0 Å². The van der Waals surface area contributed by atoms with E-state index in [1.165, 1.54) is 17.1 Å². The molecule has 0 aliphatic carbocycles. The molecule has 0 saturated carbocycles. The average molecular weight is 216 g/mol. The minimum absolute atomic E-state index is 0.936. The highest BCUT2D eigenvalue weighted by molar-refractivity contribution is 6.01. The van der Waals surface area contributed by atoms with Gasteiger partial charge in [0.2, 0.25) is 0 Å². The van der Waals surface area contributed by atoms with Gasteiger partial charge in [-0.2, -0.15) is 0 Å². The summed E-state index contributed by atoms with van der Waals surface area (Å²) in [7, 11) is 1.72. The first kappa shape index (κ1) is 9.70. The van der Waals surface area contributed by atoms with Crippen molar-refractivity contribution in [2.45, 2.75) is 19.3 Å². The van der Waals surface area contributed by atoms with Gasteiger partial charge in [0.25, 0.3) is 0 Å². The topological polar surface area (TPSA) is 24.8 Å². The van der Waals surface area contributed by atoms with Crippen molar-refractivity contribution >= 4 is 11.5 Å². The molecule has 0 atom stereocenters. The maximum Gasteiger partial charge on any atom is 0.120 e. The number of rotatable bonds is 1. The van der Waals surface area contributed by atoms with Crippen LogP contribution in [-0.2, 0) is 6.42 Å². The van der Waals surface area contributed by atoms with E-state index in [0.29, 0.717) is 0 Å². The summed E-state index contributed by atoms with van der Waals surface area (Å²) in [5.74, 6) is 2.19. The molecule has 0 fully saturated rings. The zero-order chi connectivity index (χ0) is 11.0. The van der Waals surface area contributed by atoms with Crippen LogP contribution in [0.2, 0.25) is 0 Å². The minimum atomic E-state index is 0.936. The standard InChI is InChI=1S/C13H16N2O/c1-16-11-5-3-10-4-6-13-14-7-2-8-15(13)12(10)9-11/h3,5,9H,2,4,6-8H2,1H3. The Morgan fingerprint density at radius 3 is 3.12 bits per heavy atom. The van der Waals surface area contributed by atoms with Crippen LogP contribution in [0.15, 0.2) is 23.2 Å². The van der Waals surface area contributed by atoms with E-state index in [1.807, 2.05) is 6.07 Å². The number of amidine groups is 1. The Bertz CT molecular complexity index is 440. The van der Waals surface area contributed by atoms with Gasteiger partial charge < -0.3 is 9.64 Å². The van der Waals surface area contributed by atoms with Gasteiger partial charge in [0.15, 0.2) is 0 Å². The summed E-state index contributed by atoms with van der Waals surface area (Å²) in [4.78, 5) is 6.96. The van der Waals surface area contributed by atoms with Gasteiger partial charge in [-0.15, -0.1) is 0 Å². The first-order valence-corrected chi connectivity index (χ1v) is 5.86. The van der Waals surface area contributed by atoms with E-state index in [-0.39, 0.29) is 0 Å². The highest BCUT2D eigenvalue weighted by atomic mass is 16.5. The van der Waals surface area contributed by atoms with Gasteiger partial charge in [0, 0.05) is 31.3 Å². The number of hydrogen-bond donors (Lipinski definition) is 0. The fraction of sp³-hybridized carbons (Fsp3) is 0.462. The third-order valence-corrected chi connectivity index (χ3v) is 3.35. The van der Waals surface area contributed by atoms with E-state index < -0.39 is 0 Å². The lowest BCUT2D eigenvalue weighted by molar-refractivity contribution is 0.414. The van der Waals surface area contributed by atoms with Crippen LogP contribution in [0.3, 0.4) is 0 Å². The first-order valence-electron chi connectivity index (χ1n) is 5.86. The van der Waals surface area contributed by atoms with Gasteiger partial charge in [0.1, 0.15) is 11.6 Å². The molecule has 0 radical (unpaired) electrons. The van der Waals surface area contributed by atoms with Crippen LogP contribution in [0.1, 0.15) is 18.4 Å². The van der Waals surface area contributed by atoms with Crippen LogP contribution in [0.5, 0.6) is 5.75 Å². The summed E-state index contributed by atoms with van der Waals surface area (Å²) in [6.07, 6.45) is 3.34. The molecule has 0 amide bonds. The number of anilines is 1. The Morgan fingerprint density at radius 2 is 2.25 bits per heavy atom. The average Bonchev–Trinajstić information content (AvgIpc) is 2.38. The first-order chi connectivity index (χ1) is 7.88. The van der Waals surface area contributed by atoms with Gasteiger partial charge in [-0.3, -0.25) is 4.99 Å². The Morgan fingerprint density at radius 1 is 1.31 bits per heavy atom. The van der Waals surface area contributed by atoms with Gasteiger partial charge in [-0.25, -0.2) is 0 Å². The molecule has 0 bridgehead atoms. The molecule has 1 aromatic rings. The van der Waals surface area contributed by atoms with Crippen molar-refractivity contribution in [3.8, 4) is 5.75 Å². The predicted octanol–water partition coefficient (Wildman–Crippen LogP) is 2.25. The van der Waals surface area contributed by atoms with Crippen LogP contribution < -0.4 is 9.64 Å². The van der Waals surface area contributed by atoms with Gasteiger partial charge in [-0.05, 0) is 24.5 Å². The summed E-state index contributed by atoms with van der Waals surface area (Å²) in [6, 6.07) is 6.36. The van der Waals surface area contributed by atoms with Crippen molar-refractivity contribution in [2.75, 3.05) is 25.1 Å². The fourth-order valence-corrected chi connectivity index (χ4v) is 2.50. The van der Waals surface area contributed by atoms with Crippen molar-refractivity contribution in [3.05, 3.63) is 23.8 Å². The lowest BCUT2D eigenvalue weighted by atomic mass is 9.99. The van der Waals surface area contributed by atoms with Crippen molar-refractivity contribution in [1.29, 1.82) is 0 Å². The number of nitrogens with zero attached hydrogens (tertiary/aromatic N) is 2. The number of ether oxygens (including phenoxy) is 1. The maximum absolute atomic E-state index is 5.29. The molecule has 3 rings (SSSR count). The lowest BCUT2D eigenvalue weighted by Gasteiger charge is -2.35. The van der Waals surface area contributed by atoms with Crippen molar-refractivity contribution in [1.82, 2.24) is 0 Å². The molecule has 1 aromatic carbocycles. The third kappa shape index (κ3) is 1.47. The second kappa shape index (κ2) is 3.81. The maximum atomic E-state index is 5.29. The van der Waals surface area contributed by atoms with E-state index in [9.17, 15) is 0 Å². The van der Waals surface area contributed by atoms with E-state index in [1.54, 1.807) is 7.11 Å². The molecule has 0 N–H and O–H groups in total. The molecule has 16 heavy (non-hydrogen) atoms. The second-order valence-corrected chi connectivity index (χ2v) is 4.30. The van der Waals surface area contributed by atoms with Gasteiger partial charge in [0.05, 0.1) is 7.11 Å².